The van der Waals surface area contributed by atoms with Crippen molar-refractivity contribution in [1.29, 1.82) is 0 Å². The number of benzene rings is 2. The number of nitrogens with one attached hydrogen (secondary N) is 1. The third-order valence-corrected chi connectivity index (χ3v) is 3.58. The molecule has 0 aromatic heterocycles. The zero-order valence-electron chi connectivity index (χ0n) is 13.1. The van der Waals surface area contributed by atoms with E-state index in [1.165, 1.54) is 11.1 Å². The summed E-state index contributed by atoms with van der Waals surface area (Å²) in [6.07, 6.45) is 1.00. The lowest BCUT2D eigenvalue weighted by Gasteiger charge is -2.20. The largest absolute Gasteiger partial charge is 0.497 e. The second-order valence-corrected chi connectivity index (χ2v) is 5.12. The van der Waals surface area contributed by atoms with Gasteiger partial charge in [0.25, 0.3) is 0 Å². The summed E-state index contributed by atoms with van der Waals surface area (Å²) in [6.45, 7) is 4.28. The molecule has 21 heavy (non-hydrogen) atoms. The van der Waals surface area contributed by atoms with Crippen LogP contribution in [0.15, 0.2) is 42.5 Å². The summed E-state index contributed by atoms with van der Waals surface area (Å²) < 4.78 is 10.6. The Labute approximate surface area is 126 Å². The Bertz CT molecular complexity index is 556. The van der Waals surface area contributed by atoms with Crippen molar-refractivity contribution in [2.45, 2.75) is 26.3 Å². The highest BCUT2D eigenvalue weighted by Crippen LogP contribution is 2.29. The van der Waals surface area contributed by atoms with Crippen LogP contribution in [-0.2, 0) is 0 Å². The van der Waals surface area contributed by atoms with Gasteiger partial charge in [0.15, 0.2) is 0 Å². The molecular formula is C18H23NO2. The number of hydrogen-bond acceptors (Lipinski definition) is 3. The van der Waals surface area contributed by atoms with Crippen LogP contribution < -0.4 is 14.8 Å². The highest BCUT2D eigenvalue weighted by molar-refractivity contribution is 5.55. The van der Waals surface area contributed by atoms with Crippen LogP contribution >= 0.6 is 0 Å². The molecule has 0 saturated carbocycles. The van der Waals surface area contributed by atoms with E-state index in [-0.39, 0.29) is 6.04 Å². The lowest BCUT2D eigenvalue weighted by Crippen LogP contribution is -2.09. The van der Waals surface area contributed by atoms with Gasteiger partial charge in [-0.15, -0.1) is 0 Å². The zero-order chi connectivity index (χ0) is 15.2. The molecule has 2 rings (SSSR count). The molecule has 112 valence electrons. The van der Waals surface area contributed by atoms with Crippen LogP contribution in [0.2, 0.25) is 0 Å². The minimum Gasteiger partial charge on any atom is -0.497 e. The Morgan fingerprint density at radius 3 is 2.00 bits per heavy atom. The number of anilines is 1. The van der Waals surface area contributed by atoms with Gasteiger partial charge in [0.1, 0.15) is 11.5 Å². The van der Waals surface area contributed by atoms with E-state index in [1.807, 2.05) is 18.2 Å². The summed E-state index contributed by atoms with van der Waals surface area (Å²) in [5.41, 5.74) is 3.56. The van der Waals surface area contributed by atoms with Crippen molar-refractivity contribution in [1.82, 2.24) is 0 Å². The van der Waals surface area contributed by atoms with Crippen molar-refractivity contribution in [2.75, 3.05) is 19.5 Å². The van der Waals surface area contributed by atoms with Gasteiger partial charge < -0.3 is 14.8 Å². The van der Waals surface area contributed by atoms with Gasteiger partial charge >= 0.3 is 0 Å². The quantitative estimate of drug-likeness (QED) is 0.843. The van der Waals surface area contributed by atoms with E-state index in [2.05, 4.69) is 43.4 Å². The molecular weight excluding hydrogens is 262 g/mol. The summed E-state index contributed by atoms with van der Waals surface area (Å²) in [6, 6.07) is 14.7. The van der Waals surface area contributed by atoms with Crippen LogP contribution in [-0.4, -0.2) is 14.2 Å². The molecule has 0 fully saturated rings. The fraction of sp³-hybridized carbons (Fsp3) is 0.333. The van der Waals surface area contributed by atoms with Gasteiger partial charge in [0, 0.05) is 23.9 Å². The van der Waals surface area contributed by atoms with Crippen LogP contribution in [0, 0.1) is 6.92 Å². The summed E-state index contributed by atoms with van der Waals surface area (Å²) in [5, 5.41) is 3.55. The number of ether oxygens (including phenoxy) is 2. The van der Waals surface area contributed by atoms with Gasteiger partial charge in [-0.3, -0.25) is 0 Å². The van der Waals surface area contributed by atoms with Gasteiger partial charge in [0.2, 0.25) is 0 Å². The molecule has 1 atom stereocenters. The molecule has 0 aliphatic rings. The Balaban J connectivity index is 2.23. The summed E-state index contributed by atoms with van der Waals surface area (Å²) >= 11 is 0. The summed E-state index contributed by atoms with van der Waals surface area (Å²) in [5.74, 6) is 1.58. The molecule has 3 nitrogen and oxygen atoms in total. The zero-order valence-corrected chi connectivity index (χ0v) is 13.1. The summed E-state index contributed by atoms with van der Waals surface area (Å²) in [4.78, 5) is 0. The van der Waals surface area contributed by atoms with E-state index in [0.717, 1.165) is 23.6 Å². The maximum atomic E-state index is 5.31. The molecule has 2 aromatic carbocycles. The molecule has 0 spiro atoms. The lowest BCUT2D eigenvalue weighted by atomic mass is 10.0. The number of rotatable bonds is 6. The van der Waals surface area contributed by atoms with Crippen LogP contribution in [0.25, 0.3) is 0 Å². The average molecular weight is 285 g/mol. The lowest BCUT2D eigenvalue weighted by molar-refractivity contribution is 0.394. The first-order chi connectivity index (χ1) is 10.2. The highest BCUT2D eigenvalue weighted by Gasteiger charge is 2.10. The third-order valence-electron chi connectivity index (χ3n) is 3.58. The second-order valence-electron chi connectivity index (χ2n) is 5.12. The van der Waals surface area contributed by atoms with E-state index >= 15 is 0 Å². The fourth-order valence-corrected chi connectivity index (χ4v) is 2.31. The Morgan fingerprint density at radius 2 is 1.52 bits per heavy atom. The van der Waals surface area contributed by atoms with Crippen LogP contribution in [0.3, 0.4) is 0 Å². The van der Waals surface area contributed by atoms with Crippen LogP contribution in [0.1, 0.15) is 30.5 Å². The highest BCUT2D eigenvalue weighted by atomic mass is 16.5. The molecule has 0 aliphatic heterocycles. The predicted octanol–water partition coefficient (Wildman–Crippen LogP) is 4.58. The Morgan fingerprint density at radius 1 is 0.952 bits per heavy atom. The number of methoxy groups -OCH3 is 2. The second kappa shape index (κ2) is 7.02. The van der Waals surface area contributed by atoms with Gasteiger partial charge in [-0.05, 0) is 18.9 Å². The van der Waals surface area contributed by atoms with Gasteiger partial charge in [0.05, 0.1) is 20.3 Å². The standard InChI is InChI=1S/C18H23NO2/c1-5-18(14-8-6-13(2)7-9-14)19-15-10-16(20-3)12-17(11-15)21-4/h6-12,18-19H,5H2,1-4H3. The van der Waals surface area contributed by atoms with Crippen LogP contribution in [0.5, 0.6) is 11.5 Å². The van der Waals surface area contributed by atoms with Crippen molar-refractivity contribution in [3.8, 4) is 11.5 Å². The first-order valence-electron chi connectivity index (χ1n) is 7.22. The molecule has 0 heterocycles. The fourth-order valence-electron chi connectivity index (χ4n) is 2.31. The molecule has 1 unspecified atom stereocenters. The van der Waals surface area contributed by atoms with Crippen molar-refractivity contribution in [3.05, 3.63) is 53.6 Å². The van der Waals surface area contributed by atoms with Crippen LogP contribution in [0.4, 0.5) is 5.69 Å². The Kier molecular flexibility index (Phi) is 5.09. The van der Waals surface area contributed by atoms with Crippen molar-refractivity contribution in [2.24, 2.45) is 0 Å². The minimum atomic E-state index is 0.266. The average Bonchev–Trinajstić information content (AvgIpc) is 2.53. The molecule has 0 radical (unpaired) electrons. The molecule has 2 aromatic rings. The normalized spacial score (nSPS) is 11.8. The number of aryl methyl sites for hydroxylation is 1. The van der Waals surface area contributed by atoms with E-state index < -0.39 is 0 Å². The van der Waals surface area contributed by atoms with Crippen molar-refractivity contribution < 1.29 is 9.47 Å². The van der Waals surface area contributed by atoms with Gasteiger partial charge in [-0.2, -0.15) is 0 Å². The van der Waals surface area contributed by atoms with Crippen molar-refractivity contribution >= 4 is 5.69 Å². The molecule has 3 heteroatoms. The van der Waals surface area contributed by atoms with E-state index in [1.54, 1.807) is 14.2 Å². The van der Waals surface area contributed by atoms with E-state index in [0.29, 0.717) is 0 Å². The smallest absolute Gasteiger partial charge is 0.124 e. The van der Waals surface area contributed by atoms with E-state index in [4.69, 9.17) is 9.47 Å². The maximum Gasteiger partial charge on any atom is 0.124 e. The third kappa shape index (κ3) is 3.91. The predicted molar refractivity (Wildman–Crippen MR) is 87.4 cm³/mol. The molecule has 0 saturated heterocycles. The molecule has 0 amide bonds. The maximum absolute atomic E-state index is 5.31. The molecule has 0 bridgehead atoms. The van der Waals surface area contributed by atoms with Crippen molar-refractivity contribution in [3.63, 3.8) is 0 Å². The van der Waals surface area contributed by atoms with Gasteiger partial charge in [-0.25, -0.2) is 0 Å². The Hall–Kier alpha value is -2.16. The van der Waals surface area contributed by atoms with Gasteiger partial charge in [-0.1, -0.05) is 36.8 Å². The molecule has 0 aliphatic carbocycles. The minimum absolute atomic E-state index is 0.266. The SMILES string of the molecule is CCC(Nc1cc(OC)cc(OC)c1)c1ccc(C)cc1. The molecule has 1 N–H and O–H groups in total. The first-order valence-corrected chi connectivity index (χ1v) is 7.22. The first kappa shape index (κ1) is 15.2. The summed E-state index contributed by atoms with van der Waals surface area (Å²) in [7, 11) is 3.33. The number of hydrogen-bond donors (Lipinski definition) is 1. The monoisotopic (exact) mass is 285 g/mol. The topological polar surface area (TPSA) is 30.5 Å². The van der Waals surface area contributed by atoms with E-state index in [9.17, 15) is 0 Å².